The predicted octanol–water partition coefficient (Wildman–Crippen LogP) is 2.02. The summed E-state index contributed by atoms with van der Waals surface area (Å²) < 4.78 is 5.13. The van der Waals surface area contributed by atoms with Crippen molar-refractivity contribution in [2.75, 3.05) is 14.2 Å². The number of Topliss-reactive ketones (excluding diaryl/α,β-unsaturated/α-hetero) is 1. The second kappa shape index (κ2) is 7.37. The van der Waals surface area contributed by atoms with Gasteiger partial charge in [-0.25, -0.2) is 0 Å². The van der Waals surface area contributed by atoms with Crippen LogP contribution in [0.15, 0.2) is 47.0 Å². The Bertz CT molecular complexity index is 425. The minimum atomic E-state index is -0.133. The van der Waals surface area contributed by atoms with Crippen LogP contribution in [0.1, 0.15) is 20.8 Å². The van der Waals surface area contributed by atoms with Crippen LogP contribution >= 0.6 is 0 Å². The zero-order valence-electron chi connectivity index (χ0n) is 11.8. The molecule has 0 rings (SSSR count). The molecule has 0 saturated carbocycles. The topological polar surface area (TPSA) is 64.4 Å². The molecule has 0 aromatic carbocycles. The molecule has 0 aliphatic heterocycles. The zero-order valence-corrected chi connectivity index (χ0v) is 11.8. The standard InChI is InChI=1S/C14H22N2O2/c1-9(2)12(18-6)8-7-10(3)14(17)13(16-5)11(4)15/h7-8,16H,1,15H2,2-6H3/b10-7+,12-8+,13-11+. The van der Waals surface area contributed by atoms with Crippen LogP contribution in [0.25, 0.3) is 0 Å². The van der Waals surface area contributed by atoms with E-state index in [-0.39, 0.29) is 5.78 Å². The largest absolute Gasteiger partial charge is 0.497 e. The molecular weight excluding hydrogens is 228 g/mol. The molecule has 0 atom stereocenters. The number of likely N-dealkylation sites (N-methyl/N-ethyl adjacent to an activating group) is 1. The van der Waals surface area contributed by atoms with Crippen LogP contribution in [0, 0.1) is 0 Å². The Balaban J connectivity index is 5.18. The molecule has 18 heavy (non-hydrogen) atoms. The van der Waals surface area contributed by atoms with Crippen molar-refractivity contribution < 1.29 is 9.53 Å². The summed E-state index contributed by atoms with van der Waals surface area (Å²) in [4.78, 5) is 12.0. The molecule has 0 aliphatic rings. The molecule has 0 aromatic rings. The first-order chi connectivity index (χ1) is 8.34. The molecule has 3 N–H and O–H groups in total. The van der Waals surface area contributed by atoms with E-state index in [0.717, 1.165) is 5.57 Å². The van der Waals surface area contributed by atoms with Crippen molar-refractivity contribution >= 4 is 5.78 Å². The van der Waals surface area contributed by atoms with Crippen molar-refractivity contribution in [3.8, 4) is 0 Å². The molecule has 4 heteroatoms. The number of rotatable bonds is 6. The highest BCUT2D eigenvalue weighted by molar-refractivity contribution is 6.07. The average Bonchev–Trinajstić information content (AvgIpc) is 2.29. The molecular formula is C14H22N2O2. The quantitative estimate of drug-likeness (QED) is 0.430. The van der Waals surface area contributed by atoms with Gasteiger partial charge in [-0.15, -0.1) is 0 Å². The van der Waals surface area contributed by atoms with E-state index in [1.165, 1.54) is 0 Å². The van der Waals surface area contributed by atoms with Crippen molar-refractivity contribution in [3.63, 3.8) is 0 Å². The maximum atomic E-state index is 12.0. The third-order valence-electron chi connectivity index (χ3n) is 2.35. The number of ketones is 1. The Morgan fingerprint density at radius 1 is 1.28 bits per heavy atom. The van der Waals surface area contributed by atoms with Crippen LogP contribution in [0.5, 0.6) is 0 Å². The number of carbonyl (C=O) groups is 1. The highest BCUT2D eigenvalue weighted by Gasteiger charge is 2.11. The van der Waals surface area contributed by atoms with Crippen molar-refractivity contribution in [1.82, 2.24) is 5.32 Å². The lowest BCUT2D eigenvalue weighted by atomic mass is 10.1. The molecule has 0 amide bonds. The lowest BCUT2D eigenvalue weighted by Crippen LogP contribution is -2.21. The van der Waals surface area contributed by atoms with E-state index in [9.17, 15) is 4.79 Å². The minimum Gasteiger partial charge on any atom is -0.497 e. The van der Waals surface area contributed by atoms with Gasteiger partial charge in [-0.2, -0.15) is 0 Å². The maximum absolute atomic E-state index is 12.0. The van der Waals surface area contributed by atoms with Gasteiger partial charge in [-0.3, -0.25) is 4.79 Å². The fourth-order valence-electron chi connectivity index (χ4n) is 1.35. The van der Waals surface area contributed by atoms with Crippen molar-refractivity contribution in [2.45, 2.75) is 20.8 Å². The Hall–Kier alpha value is -1.97. The minimum absolute atomic E-state index is 0.133. The molecule has 0 spiro atoms. The zero-order chi connectivity index (χ0) is 14.3. The van der Waals surface area contributed by atoms with Crippen LogP contribution in [-0.4, -0.2) is 19.9 Å². The number of hydrogen-bond acceptors (Lipinski definition) is 4. The molecule has 100 valence electrons. The molecule has 0 saturated heterocycles. The van der Waals surface area contributed by atoms with Crippen molar-refractivity contribution in [1.29, 1.82) is 0 Å². The lowest BCUT2D eigenvalue weighted by molar-refractivity contribution is -0.112. The molecule has 0 aliphatic carbocycles. The Labute approximate surface area is 109 Å². The van der Waals surface area contributed by atoms with Crippen molar-refractivity contribution in [3.05, 3.63) is 47.0 Å². The van der Waals surface area contributed by atoms with Crippen LogP contribution in [-0.2, 0) is 9.53 Å². The number of nitrogens with two attached hydrogens (primary N) is 1. The Kier molecular flexibility index (Phi) is 6.57. The fraction of sp³-hybridized carbons (Fsp3) is 0.357. The molecule has 0 heterocycles. The van der Waals surface area contributed by atoms with Crippen LogP contribution in [0.2, 0.25) is 0 Å². The van der Waals surface area contributed by atoms with Crippen molar-refractivity contribution in [2.24, 2.45) is 5.73 Å². The predicted molar refractivity (Wildman–Crippen MR) is 74.6 cm³/mol. The summed E-state index contributed by atoms with van der Waals surface area (Å²) in [7, 11) is 3.23. The van der Waals surface area contributed by atoms with Crippen LogP contribution in [0.3, 0.4) is 0 Å². The first kappa shape index (κ1) is 16.0. The second-order valence-corrected chi connectivity index (χ2v) is 4.00. The normalized spacial score (nSPS) is 13.8. The molecule has 0 radical (unpaired) electrons. The average molecular weight is 250 g/mol. The first-order valence-electron chi connectivity index (χ1n) is 5.62. The Morgan fingerprint density at radius 3 is 2.17 bits per heavy atom. The highest BCUT2D eigenvalue weighted by atomic mass is 16.5. The molecule has 0 bridgehead atoms. The van der Waals surface area contributed by atoms with Crippen LogP contribution < -0.4 is 11.1 Å². The van der Waals surface area contributed by atoms with Gasteiger partial charge in [0.1, 0.15) is 11.5 Å². The summed E-state index contributed by atoms with van der Waals surface area (Å²) in [6, 6.07) is 0. The molecule has 0 unspecified atom stereocenters. The first-order valence-corrected chi connectivity index (χ1v) is 5.62. The SMILES string of the molecule is C=C(C)/C(=C\C=C(/C)C(=O)/C(NC)=C(/C)N)OC. The van der Waals surface area contributed by atoms with E-state index in [2.05, 4.69) is 11.9 Å². The molecule has 0 fully saturated rings. The summed E-state index contributed by atoms with van der Waals surface area (Å²) in [5.74, 6) is 0.507. The van der Waals surface area contributed by atoms with Gasteiger partial charge in [0.25, 0.3) is 0 Å². The summed E-state index contributed by atoms with van der Waals surface area (Å²) in [6.07, 6.45) is 3.41. The van der Waals surface area contributed by atoms with Gasteiger partial charge in [0, 0.05) is 12.7 Å². The summed E-state index contributed by atoms with van der Waals surface area (Å²) in [5, 5.41) is 2.80. The smallest absolute Gasteiger partial charge is 0.206 e. The number of hydrogen-bond donors (Lipinski definition) is 2. The molecule has 4 nitrogen and oxygen atoms in total. The number of nitrogens with one attached hydrogen (secondary N) is 1. The van der Waals surface area contributed by atoms with Gasteiger partial charge in [0.05, 0.1) is 7.11 Å². The van der Waals surface area contributed by atoms with E-state index in [1.54, 1.807) is 40.2 Å². The van der Waals surface area contributed by atoms with Crippen LogP contribution in [0.4, 0.5) is 0 Å². The van der Waals surface area contributed by atoms with Gasteiger partial charge in [-0.1, -0.05) is 12.7 Å². The Morgan fingerprint density at radius 2 is 1.83 bits per heavy atom. The maximum Gasteiger partial charge on any atom is 0.206 e. The fourth-order valence-corrected chi connectivity index (χ4v) is 1.35. The van der Waals surface area contributed by atoms with E-state index in [4.69, 9.17) is 10.5 Å². The lowest BCUT2D eigenvalue weighted by Gasteiger charge is -2.08. The number of methoxy groups -OCH3 is 1. The van der Waals surface area contributed by atoms with E-state index in [0.29, 0.717) is 22.7 Å². The third-order valence-corrected chi connectivity index (χ3v) is 2.35. The van der Waals surface area contributed by atoms with Gasteiger partial charge < -0.3 is 15.8 Å². The van der Waals surface area contributed by atoms with Gasteiger partial charge in [0.2, 0.25) is 5.78 Å². The number of allylic oxidation sites excluding steroid dienone is 5. The second-order valence-electron chi connectivity index (χ2n) is 4.00. The highest BCUT2D eigenvalue weighted by Crippen LogP contribution is 2.10. The molecule has 0 aromatic heterocycles. The van der Waals surface area contributed by atoms with E-state index < -0.39 is 0 Å². The summed E-state index contributed by atoms with van der Waals surface area (Å²) >= 11 is 0. The van der Waals surface area contributed by atoms with Gasteiger partial charge in [0.15, 0.2) is 0 Å². The summed E-state index contributed by atoms with van der Waals surface area (Å²) in [5.41, 5.74) is 7.87. The number of carbonyl (C=O) groups excluding carboxylic acids is 1. The van der Waals surface area contributed by atoms with Gasteiger partial charge in [-0.05, 0) is 38.0 Å². The van der Waals surface area contributed by atoms with E-state index >= 15 is 0 Å². The summed E-state index contributed by atoms with van der Waals surface area (Å²) in [6.45, 7) is 9.02. The monoisotopic (exact) mass is 250 g/mol. The van der Waals surface area contributed by atoms with Gasteiger partial charge >= 0.3 is 0 Å². The third kappa shape index (κ3) is 4.49. The van der Waals surface area contributed by atoms with E-state index in [1.807, 2.05) is 6.92 Å². The number of ether oxygens (including phenoxy) is 1.